The highest BCUT2D eigenvalue weighted by atomic mass is 16.5. The van der Waals surface area contributed by atoms with E-state index in [1.165, 1.54) is 0 Å². The molecule has 1 fully saturated rings. The van der Waals surface area contributed by atoms with Crippen molar-refractivity contribution < 1.29 is 9.53 Å². The molecule has 1 rings (SSSR count). The molecule has 1 heterocycles. The molecule has 1 aliphatic rings. The summed E-state index contributed by atoms with van der Waals surface area (Å²) in [6, 6.07) is 0.347. The van der Waals surface area contributed by atoms with Crippen LogP contribution in [0.15, 0.2) is 0 Å². The first-order valence-corrected chi connectivity index (χ1v) is 6.82. The molecule has 4 heteroatoms. The molecule has 100 valence electrons. The molecule has 0 radical (unpaired) electrons. The second kappa shape index (κ2) is 7.67. The number of piperidine rings is 1. The topological polar surface area (TPSA) is 41.6 Å². The van der Waals surface area contributed by atoms with Crippen molar-refractivity contribution in [1.82, 2.24) is 10.2 Å². The van der Waals surface area contributed by atoms with Crippen molar-refractivity contribution in [2.45, 2.75) is 52.1 Å². The van der Waals surface area contributed by atoms with Crippen LogP contribution in [0.5, 0.6) is 0 Å². The second-order valence-corrected chi connectivity index (χ2v) is 4.75. The summed E-state index contributed by atoms with van der Waals surface area (Å²) < 4.78 is 5.32. The van der Waals surface area contributed by atoms with Crippen LogP contribution in [0.4, 0.5) is 0 Å². The molecule has 2 unspecified atom stereocenters. The summed E-state index contributed by atoms with van der Waals surface area (Å²) in [5.41, 5.74) is 0. The number of hydrogen-bond acceptors (Lipinski definition) is 4. The zero-order valence-electron chi connectivity index (χ0n) is 11.4. The first-order valence-electron chi connectivity index (χ1n) is 6.82. The summed E-state index contributed by atoms with van der Waals surface area (Å²) in [6.45, 7) is 9.72. The predicted octanol–water partition coefficient (Wildman–Crippen LogP) is 1.40. The molecular weight excluding hydrogens is 216 g/mol. The van der Waals surface area contributed by atoms with Crippen LogP contribution in [0, 0.1) is 0 Å². The summed E-state index contributed by atoms with van der Waals surface area (Å²) in [7, 11) is 0. The van der Waals surface area contributed by atoms with Gasteiger partial charge in [-0.1, -0.05) is 13.8 Å². The third kappa shape index (κ3) is 5.04. The van der Waals surface area contributed by atoms with Gasteiger partial charge in [-0.15, -0.1) is 0 Å². The summed E-state index contributed by atoms with van der Waals surface area (Å²) >= 11 is 0. The zero-order chi connectivity index (χ0) is 12.7. The molecule has 0 aromatic rings. The van der Waals surface area contributed by atoms with Crippen molar-refractivity contribution >= 4 is 5.97 Å². The maximum absolute atomic E-state index is 11.8. The lowest BCUT2D eigenvalue weighted by Crippen LogP contribution is -2.46. The lowest BCUT2D eigenvalue weighted by molar-refractivity contribution is -0.147. The van der Waals surface area contributed by atoms with Gasteiger partial charge in [0.15, 0.2) is 0 Å². The number of esters is 1. The maximum Gasteiger partial charge on any atom is 0.323 e. The van der Waals surface area contributed by atoms with Crippen LogP contribution in [0.2, 0.25) is 0 Å². The molecule has 0 spiro atoms. The number of carbonyl (C=O) groups is 1. The third-order valence-electron chi connectivity index (χ3n) is 3.45. The third-order valence-corrected chi connectivity index (χ3v) is 3.45. The average molecular weight is 242 g/mol. The fourth-order valence-electron chi connectivity index (χ4n) is 2.24. The van der Waals surface area contributed by atoms with Crippen molar-refractivity contribution in [3.63, 3.8) is 0 Å². The SMILES string of the molecule is CCN(CC)CCOC(=O)C1CCCC(C)N1. The zero-order valence-corrected chi connectivity index (χ0v) is 11.4. The van der Waals surface area contributed by atoms with Gasteiger partial charge in [-0.2, -0.15) is 0 Å². The number of carbonyl (C=O) groups excluding carboxylic acids is 1. The molecular formula is C13H26N2O2. The first kappa shape index (κ1) is 14.5. The number of nitrogens with zero attached hydrogens (tertiary/aromatic N) is 1. The summed E-state index contributed by atoms with van der Waals surface area (Å²) in [6.07, 6.45) is 3.18. The molecule has 1 N–H and O–H groups in total. The van der Waals surface area contributed by atoms with Gasteiger partial charge in [0.25, 0.3) is 0 Å². The number of nitrogens with one attached hydrogen (secondary N) is 1. The summed E-state index contributed by atoms with van der Waals surface area (Å²) in [5.74, 6) is -0.0799. The quantitative estimate of drug-likeness (QED) is 0.715. The molecule has 0 amide bonds. The van der Waals surface area contributed by atoms with Crippen LogP contribution in [-0.4, -0.2) is 49.2 Å². The van der Waals surface area contributed by atoms with E-state index in [0.29, 0.717) is 12.6 Å². The van der Waals surface area contributed by atoms with Crippen LogP contribution in [0.3, 0.4) is 0 Å². The van der Waals surface area contributed by atoms with Gasteiger partial charge in [0.1, 0.15) is 12.6 Å². The number of rotatable bonds is 6. The number of ether oxygens (including phenoxy) is 1. The summed E-state index contributed by atoms with van der Waals surface area (Å²) in [4.78, 5) is 14.1. The molecule has 0 aromatic heterocycles. The van der Waals surface area contributed by atoms with Crippen molar-refractivity contribution in [3.05, 3.63) is 0 Å². The number of hydrogen-bond donors (Lipinski definition) is 1. The summed E-state index contributed by atoms with van der Waals surface area (Å²) in [5, 5.41) is 3.29. The predicted molar refractivity (Wildman–Crippen MR) is 69.0 cm³/mol. The van der Waals surface area contributed by atoms with Crippen molar-refractivity contribution in [1.29, 1.82) is 0 Å². The molecule has 0 bridgehead atoms. The second-order valence-electron chi connectivity index (χ2n) is 4.75. The highest BCUT2D eigenvalue weighted by Crippen LogP contribution is 2.13. The highest BCUT2D eigenvalue weighted by Gasteiger charge is 2.25. The Labute approximate surface area is 105 Å². The lowest BCUT2D eigenvalue weighted by Gasteiger charge is -2.27. The Morgan fingerprint density at radius 1 is 1.35 bits per heavy atom. The Hall–Kier alpha value is -0.610. The Morgan fingerprint density at radius 2 is 2.06 bits per heavy atom. The minimum absolute atomic E-state index is 0.0799. The normalized spacial score (nSPS) is 24.9. The van der Waals surface area contributed by atoms with E-state index in [4.69, 9.17) is 4.74 Å². The van der Waals surface area contributed by atoms with E-state index in [2.05, 4.69) is 31.0 Å². The minimum Gasteiger partial charge on any atom is -0.463 e. The Morgan fingerprint density at radius 3 is 2.65 bits per heavy atom. The highest BCUT2D eigenvalue weighted by molar-refractivity contribution is 5.75. The molecule has 2 atom stereocenters. The Bertz CT molecular complexity index is 229. The molecule has 4 nitrogen and oxygen atoms in total. The van der Waals surface area contributed by atoms with Crippen molar-refractivity contribution in [2.24, 2.45) is 0 Å². The van der Waals surface area contributed by atoms with Gasteiger partial charge in [-0.05, 0) is 39.3 Å². The van der Waals surface area contributed by atoms with Gasteiger partial charge in [0.05, 0.1) is 0 Å². The van der Waals surface area contributed by atoms with E-state index in [1.807, 2.05) is 0 Å². The Balaban J connectivity index is 2.20. The molecule has 1 aliphatic heterocycles. The standard InChI is InChI=1S/C13H26N2O2/c1-4-15(5-2)9-10-17-13(16)12-8-6-7-11(3)14-12/h11-12,14H,4-10H2,1-3H3. The fraction of sp³-hybridized carbons (Fsp3) is 0.923. The van der Waals surface area contributed by atoms with Gasteiger partial charge >= 0.3 is 5.97 Å². The molecule has 0 aliphatic carbocycles. The van der Waals surface area contributed by atoms with Crippen molar-refractivity contribution in [3.8, 4) is 0 Å². The van der Waals surface area contributed by atoms with Gasteiger partial charge in [0, 0.05) is 12.6 Å². The molecule has 1 saturated heterocycles. The van der Waals surface area contributed by atoms with E-state index >= 15 is 0 Å². The number of likely N-dealkylation sites (N-methyl/N-ethyl adjacent to an activating group) is 1. The van der Waals surface area contributed by atoms with Gasteiger partial charge < -0.3 is 15.0 Å². The van der Waals surface area contributed by atoms with Gasteiger partial charge in [0.2, 0.25) is 0 Å². The molecule has 17 heavy (non-hydrogen) atoms. The monoisotopic (exact) mass is 242 g/mol. The largest absolute Gasteiger partial charge is 0.463 e. The van der Waals surface area contributed by atoms with Gasteiger partial charge in [-0.25, -0.2) is 0 Å². The Kier molecular flexibility index (Phi) is 6.52. The minimum atomic E-state index is -0.0875. The van der Waals surface area contributed by atoms with E-state index in [-0.39, 0.29) is 12.0 Å². The van der Waals surface area contributed by atoms with Crippen molar-refractivity contribution in [2.75, 3.05) is 26.2 Å². The van der Waals surface area contributed by atoms with E-state index in [9.17, 15) is 4.79 Å². The smallest absolute Gasteiger partial charge is 0.323 e. The fourth-order valence-corrected chi connectivity index (χ4v) is 2.24. The average Bonchev–Trinajstić information content (AvgIpc) is 2.34. The van der Waals surface area contributed by atoms with Crippen LogP contribution in [0.1, 0.15) is 40.0 Å². The maximum atomic E-state index is 11.8. The van der Waals surface area contributed by atoms with E-state index in [1.54, 1.807) is 0 Å². The molecule has 0 aromatic carbocycles. The van der Waals surface area contributed by atoms with E-state index < -0.39 is 0 Å². The van der Waals surface area contributed by atoms with Crippen LogP contribution in [-0.2, 0) is 9.53 Å². The van der Waals surface area contributed by atoms with E-state index in [0.717, 1.165) is 38.9 Å². The van der Waals surface area contributed by atoms with Crippen LogP contribution >= 0.6 is 0 Å². The lowest BCUT2D eigenvalue weighted by atomic mass is 10.00. The van der Waals surface area contributed by atoms with Crippen LogP contribution < -0.4 is 5.32 Å². The van der Waals surface area contributed by atoms with Gasteiger partial charge in [-0.3, -0.25) is 4.79 Å². The van der Waals surface area contributed by atoms with Crippen LogP contribution in [0.25, 0.3) is 0 Å². The first-order chi connectivity index (χ1) is 8.17. The molecule has 0 saturated carbocycles.